The van der Waals surface area contributed by atoms with Crippen molar-refractivity contribution in [2.75, 3.05) is 5.32 Å². The molecule has 25 heavy (non-hydrogen) atoms. The normalized spacial score (nSPS) is 10.5. The molecule has 0 atom stereocenters. The second kappa shape index (κ2) is 8.48. The lowest BCUT2D eigenvalue weighted by Crippen LogP contribution is -2.00. The lowest BCUT2D eigenvalue weighted by Gasteiger charge is -2.11. The molecule has 0 heterocycles. The first kappa shape index (κ1) is 17.9. The minimum Gasteiger partial charge on any atom is -0.489 e. The van der Waals surface area contributed by atoms with Crippen LogP contribution in [0.5, 0.6) is 5.75 Å². The van der Waals surface area contributed by atoms with Crippen LogP contribution in [0.2, 0.25) is 15.1 Å². The first-order chi connectivity index (χ1) is 12.1. The van der Waals surface area contributed by atoms with Crippen molar-refractivity contribution in [1.29, 1.82) is 0 Å². The van der Waals surface area contributed by atoms with Gasteiger partial charge in [0.25, 0.3) is 0 Å². The molecular weight excluding hydrogens is 377 g/mol. The summed E-state index contributed by atoms with van der Waals surface area (Å²) in [4.78, 5) is 0. The summed E-state index contributed by atoms with van der Waals surface area (Å²) in [5.41, 5.74) is 3.04. The van der Waals surface area contributed by atoms with Crippen LogP contribution in [0.25, 0.3) is 0 Å². The molecule has 3 aromatic rings. The van der Waals surface area contributed by atoms with E-state index in [1.807, 2.05) is 54.6 Å². The van der Waals surface area contributed by atoms with Crippen LogP contribution in [0.4, 0.5) is 5.69 Å². The first-order valence-electron chi connectivity index (χ1n) is 7.75. The lowest BCUT2D eigenvalue weighted by atomic mass is 10.2. The molecule has 3 aromatic carbocycles. The van der Waals surface area contributed by atoms with Gasteiger partial charge in [-0.15, -0.1) is 0 Å². The van der Waals surface area contributed by atoms with E-state index in [1.165, 1.54) is 0 Å². The fraction of sp³-hybridized carbons (Fsp3) is 0.100. The van der Waals surface area contributed by atoms with Crippen LogP contribution in [-0.2, 0) is 13.2 Å². The molecule has 0 saturated carbocycles. The predicted molar refractivity (Wildman–Crippen MR) is 106 cm³/mol. The van der Waals surface area contributed by atoms with Crippen molar-refractivity contribution in [1.82, 2.24) is 0 Å². The quantitative estimate of drug-likeness (QED) is 0.496. The highest BCUT2D eigenvalue weighted by Gasteiger charge is 2.03. The number of halogens is 3. The van der Waals surface area contributed by atoms with Crippen molar-refractivity contribution >= 4 is 40.5 Å². The van der Waals surface area contributed by atoms with Crippen LogP contribution in [-0.4, -0.2) is 0 Å². The molecule has 0 aliphatic rings. The molecule has 3 rings (SSSR count). The molecule has 5 heteroatoms. The van der Waals surface area contributed by atoms with Crippen molar-refractivity contribution in [3.05, 3.63) is 92.9 Å². The van der Waals surface area contributed by atoms with Gasteiger partial charge < -0.3 is 10.1 Å². The Morgan fingerprint density at radius 2 is 1.56 bits per heavy atom. The fourth-order valence-corrected chi connectivity index (χ4v) is 2.91. The zero-order valence-corrected chi connectivity index (χ0v) is 15.6. The Bertz CT molecular complexity index is 850. The van der Waals surface area contributed by atoms with E-state index in [-0.39, 0.29) is 0 Å². The Labute approximate surface area is 162 Å². The third-order valence-electron chi connectivity index (χ3n) is 3.65. The molecule has 0 bridgehead atoms. The largest absolute Gasteiger partial charge is 0.489 e. The molecular formula is C20H16Cl3NO. The van der Waals surface area contributed by atoms with E-state index < -0.39 is 0 Å². The Kier molecular flexibility index (Phi) is 6.09. The summed E-state index contributed by atoms with van der Waals surface area (Å²) in [5.74, 6) is 0.793. The Hall–Kier alpha value is -1.87. The summed E-state index contributed by atoms with van der Waals surface area (Å²) in [7, 11) is 0. The van der Waals surface area contributed by atoms with Crippen molar-refractivity contribution in [2.45, 2.75) is 13.2 Å². The smallest absolute Gasteiger partial charge is 0.120 e. The maximum atomic E-state index is 6.17. The number of hydrogen-bond acceptors (Lipinski definition) is 2. The van der Waals surface area contributed by atoms with Crippen LogP contribution in [0.1, 0.15) is 11.1 Å². The van der Waals surface area contributed by atoms with Crippen molar-refractivity contribution in [3.8, 4) is 5.75 Å². The first-order valence-corrected chi connectivity index (χ1v) is 8.89. The number of nitrogens with one attached hydrogen (secondary N) is 1. The number of hydrogen-bond donors (Lipinski definition) is 1. The van der Waals surface area contributed by atoms with E-state index in [0.29, 0.717) is 23.2 Å². The molecule has 1 N–H and O–H groups in total. The van der Waals surface area contributed by atoms with E-state index in [0.717, 1.165) is 27.6 Å². The third kappa shape index (κ3) is 5.30. The minimum atomic E-state index is 0.393. The van der Waals surface area contributed by atoms with Gasteiger partial charge in [-0.3, -0.25) is 0 Å². The summed E-state index contributed by atoms with van der Waals surface area (Å²) < 4.78 is 5.85. The summed E-state index contributed by atoms with van der Waals surface area (Å²) in [5, 5.41) is 5.30. The minimum absolute atomic E-state index is 0.393. The zero-order valence-electron chi connectivity index (χ0n) is 13.3. The SMILES string of the molecule is Clc1ccc(NCc2cccc(OCc3ccc(Cl)cc3Cl)c2)cc1. The molecule has 128 valence electrons. The topological polar surface area (TPSA) is 21.3 Å². The second-order valence-electron chi connectivity index (χ2n) is 5.53. The number of benzene rings is 3. The second-order valence-corrected chi connectivity index (χ2v) is 6.81. The Morgan fingerprint density at radius 3 is 2.32 bits per heavy atom. The average Bonchev–Trinajstić information content (AvgIpc) is 2.61. The van der Waals surface area contributed by atoms with E-state index in [4.69, 9.17) is 39.5 Å². The van der Waals surface area contributed by atoms with Crippen LogP contribution in [0.15, 0.2) is 66.7 Å². The molecule has 0 aromatic heterocycles. The average molecular weight is 393 g/mol. The molecule has 0 saturated heterocycles. The van der Waals surface area contributed by atoms with Crippen LogP contribution in [0.3, 0.4) is 0 Å². The molecule has 0 spiro atoms. The third-order valence-corrected chi connectivity index (χ3v) is 4.49. The van der Waals surface area contributed by atoms with Gasteiger partial charge in [-0.2, -0.15) is 0 Å². The van der Waals surface area contributed by atoms with E-state index in [2.05, 4.69) is 5.32 Å². The van der Waals surface area contributed by atoms with Gasteiger partial charge >= 0.3 is 0 Å². The van der Waals surface area contributed by atoms with Gasteiger partial charge in [0.05, 0.1) is 0 Å². The number of ether oxygens (including phenoxy) is 1. The summed E-state index contributed by atoms with van der Waals surface area (Å²) >= 11 is 18.0. The Morgan fingerprint density at radius 1 is 0.800 bits per heavy atom. The van der Waals surface area contributed by atoms with Gasteiger partial charge in [0.15, 0.2) is 0 Å². The summed E-state index contributed by atoms with van der Waals surface area (Å²) in [6, 6.07) is 21.0. The van der Waals surface area contributed by atoms with Gasteiger partial charge in [-0.1, -0.05) is 53.0 Å². The zero-order chi connectivity index (χ0) is 17.6. The Balaban J connectivity index is 1.60. The molecule has 0 aliphatic heterocycles. The summed E-state index contributed by atoms with van der Waals surface area (Å²) in [6.07, 6.45) is 0. The van der Waals surface area contributed by atoms with E-state index in [1.54, 1.807) is 12.1 Å². The molecule has 2 nitrogen and oxygen atoms in total. The maximum Gasteiger partial charge on any atom is 0.120 e. The van der Waals surface area contributed by atoms with Crippen molar-refractivity contribution in [2.24, 2.45) is 0 Å². The van der Waals surface area contributed by atoms with Crippen molar-refractivity contribution < 1.29 is 4.74 Å². The summed E-state index contributed by atoms with van der Waals surface area (Å²) in [6.45, 7) is 1.09. The van der Waals surface area contributed by atoms with Crippen LogP contribution < -0.4 is 10.1 Å². The van der Waals surface area contributed by atoms with Gasteiger partial charge in [-0.25, -0.2) is 0 Å². The molecule has 0 radical (unpaired) electrons. The van der Waals surface area contributed by atoms with Gasteiger partial charge in [-0.05, 0) is 54.1 Å². The molecule has 0 aliphatic carbocycles. The van der Waals surface area contributed by atoms with E-state index in [9.17, 15) is 0 Å². The van der Waals surface area contributed by atoms with E-state index >= 15 is 0 Å². The van der Waals surface area contributed by atoms with Crippen LogP contribution >= 0.6 is 34.8 Å². The van der Waals surface area contributed by atoms with Gasteiger partial charge in [0.2, 0.25) is 0 Å². The highest BCUT2D eigenvalue weighted by Crippen LogP contribution is 2.23. The standard InChI is InChI=1S/C20H16Cl3NO/c21-16-6-8-18(9-7-16)24-12-14-2-1-3-19(10-14)25-13-15-4-5-17(22)11-20(15)23/h1-11,24H,12-13H2. The fourth-order valence-electron chi connectivity index (χ4n) is 2.32. The van der Waals surface area contributed by atoms with Crippen LogP contribution in [0, 0.1) is 0 Å². The number of anilines is 1. The monoisotopic (exact) mass is 391 g/mol. The van der Waals surface area contributed by atoms with Gasteiger partial charge in [0.1, 0.15) is 12.4 Å². The predicted octanol–water partition coefficient (Wildman–Crippen LogP) is 6.84. The molecule has 0 fully saturated rings. The highest BCUT2D eigenvalue weighted by molar-refractivity contribution is 6.35. The molecule has 0 unspecified atom stereocenters. The maximum absolute atomic E-state index is 6.17. The molecule has 0 amide bonds. The lowest BCUT2D eigenvalue weighted by molar-refractivity contribution is 0.306. The number of rotatable bonds is 6. The van der Waals surface area contributed by atoms with Gasteiger partial charge in [0, 0.05) is 32.9 Å². The highest BCUT2D eigenvalue weighted by atomic mass is 35.5. The van der Waals surface area contributed by atoms with Crippen molar-refractivity contribution in [3.63, 3.8) is 0 Å².